The molecule has 0 saturated carbocycles. The molecule has 1 unspecified atom stereocenters. The van der Waals surface area contributed by atoms with Crippen molar-refractivity contribution in [2.75, 3.05) is 31.6 Å². The van der Waals surface area contributed by atoms with Crippen molar-refractivity contribution in [3.8, 4) is 0 Å². The maximum Gasteiger partial charge on any atom is 0.196 e. The van der Waals surface area contributed by atoms with Gasteiger partial charge in [-0.3, -0.25) is 4.79 Å². The summed E-state index contributed by atoms with van der Waals surface area (Å²) in [5.74, 6) is 1.20. The average Bonchev–Trinajstić information content (AvgIpc) is 2.66. The fourth-order valence-corrected chi connectivity index (χ4v) is 2.03. The van der Waals surface area contributed by atoms with Gasteiger partial charge in [-0.2, -0.15) is 0 Å². The maximum atomic E-state index is 10.5. The first-order chi connectivity index (χ1) is 7.20. The van der Waals surface area contributed by atoms with Gasteiger partial charge in [-0.25, -0.2) is 0 Å². The van der Waals surface area contributed by atoms with E-state index in [2.05, 4.69) is 23.8 Å². The van der Waals surface area contributed by atoms with Gasteiger partial charge in [-0.15, -0.1) is 0 Å². The molecule has 4 nitrogen and oxygen atoms in total. The fourth-order valence-electron chi connectivity index (χ4n) is 2.03. The number of carbonyl (C=O) groups excluding carboxylic acids is 1. The van der Waals surface area contributed by atoms with Crippen LogP contribution < -0.4 is 4.90 Å². The highest BCUT2D eigenvalue weighted by Gasteiger charge is 2.23. The van der Waals surface area contributed by atoms with Crippen LogP contribution in [-0.2, 0) is 0 Å². The molecule has 1 atom stereocenters. The Hall–Kier alpha value is -1.29. The fraction of sp³-hybridized carbons (Fsp3) is 0.545. The summed E-state index contributed by atoms with van der Waals surface area (Å²) in [6.07, 6.45) is 0.740. The van der Waals surface area contributed by atoms with Crippen molar-refractivity contribution in [2.45, 2.75) is 13.0 Å². The van der Waals surface area contributed by atoms with Crippen molar-refractivity contribution in [3.05, 3.63) is 17.9 Å². The van der Waals surface area contributed by atoms with Crippen LogP contribution >= 0.6 is 0 Å². The third-order valence-corrected chi connectivity index (χ3v) is 2.84. The second kappa shape index (κ2) is 4.06. The number of nitrogens with zero attached hydrogens (tertiary/aromatic N) is 2. The molecule has 1 fully saturated rings. The van der Waals surface area contributed by atoms with Crippen molar-refractivity contribution in [1.29, 1.82) is 0 Å². The molecule has 0 radical (unpaired) electrons. The summed E-state index contributed by atoms with van der Waals surface area (Å²) in [6, 6.07) is 4.01. The van der Waals surface area contributed by atoms with E-state index in [1.807, 2.05) is 6.07 Å². The summed E-state index contributed by atoms with van der Waals surface area (Å²) < 4.78 is 5.42. The third kappa shape index (κ3) is 2.04. The number of aldehydes is 1. The smallest absolute Gasteiger partial charge is 0.196 e. The van der Waals surface area contributed by atoms with Crippen molar-refractivity contribution in [3.63, 3.8) is 0 Å². The molecule has 1 aromatic rings. The summed E-state index contributed by atoms with van der Waals surface area (Å²) in [7, 11) is 2.12. The Morgan fingerprint density at radius 1 is 1.47 bits per heavy atom. The molecule has 0 N–H and O–H groups in total. The number of hydrogen-bond donors (Lipinski definition) is 0. The topological polar surface area (TPSA) is 36.7 Å². The highest BCUT2D eigenvalue weighted by atomic mass is 16.4. The molecule has 0 bridgehead atoms. The molecule has 1 saturated heterocycles. The normalized spacial score (nSPS) is 23.1. The number of carbonyl (C=O) groups is 1. The highest BCUT2D eigenvalue weighted by Crippen LogP contribution is 2.22. The van der Waals surface area contributed by atoms with E-state index in [1.54, 1.807) is 6.07 Å². The van der Waals surface area contributed by atoms with E-state index in [1.165, 1.54) is 0 Å². The standard InChI is InChI=1S/C11H16N2O2/c1-9-7-12(2)5-6-13(9)11-4-3-10(8-14)15-11/h3-4,8-9H,5-7H2,1-2H3. The molecule has 2 heterocycles. The van der Waals surface area contributed by atoms with Crippen molar-refractivity contribution in [1.82, 2.24) is 4.90 Å². The number of piperazine rings is 1. The van der Waals surface area contributed by atoms with E-state index in [-0.39, 0.29) is 0 Å². The first-order valence-electron chi connectivity index (χ1n) is 5.21. The lowest BCUT2D eigenvalue weighted by atomic mass is 10.2. The molecule has 2 rings (SSSR count). The van der Waals surface area contributed by atoms with Gasteiger partial charge in [-0.05, 0) is 20.0 Å². The second-order valence-corrected chi connectivity index (χ2v) is 4.10. The minimum Gasteiger partial charge on any atom is -0.438 e. The zero-order valence-corrected chi connectivity index (χ0v) is 9.14. The lowest BCUT2D eigenvalue weighted by molar-refractivity contribution is 0.110. The Morgan fingerprint density at radius 3 is 2.87 bits per heavy atom. The number of anilines is 1. The summed E-state index contributed by atoms with van der Waals surface area (Å²) in [5.41, 5.74) is 0. The van der Waals surface area contributed by atoms with Gasteiger partial charge < -0.3 is 14.2 Å². The Bertz CT molecular complexity index is 348. The van der Waals surface area contributed by atoms with Crippen molar-refractivity contribution < 1.29 is 9.21 Å². The molecule has 1 aliphatic heterocycles. The third-order valence-electron chi connectivity index (χ3n) is 2.84. The first kappa shape index (κ1) is 10.2. The minimum absolute atomic E-state index is 0.399. The second-order valence-electron chi connectivity index (χ2n) is 4.10. The molecule has 0 spiro atoms. The summed E-state index contributed by atoms with van der Waals surface area (Å²) in [6.45, 7) is 5.17. The number of furan rings is 1. The highest BCUT2D eigenvalue weighted by molar-refractivity contribution is 5.71. The lowest BCUT2D eigenvalue weighted by Gasteiger charge is -2.38. The molecule has 0 amide bonds. The lowest BCUT2D eigenvalue weighted by Crippen LogP contribution is -2.50. The Kier molecular flexibility index (Phi) is 2.77. The van der Waals surface area contributed by atoms with Crippen LogP contribution in [0.1, 0.15) is 17.5 Å². The van der Waals surface area contributed by atoms with E-state index in [0.717, 1.165) is 31.8 Å². The summed E-state index contributed by atoms with van der Waals surface area (Å²) in [5, 5.41) is 0. The van der Waals surface area contributed by atoms with Gasteiger partial charge in [0.2, 0.25) is 0 Å². The molecule has 0 aromatic carbocycles. The predicted molar refractivity (Wildman–Crippen MR) is 58.4 cm³/mol. The number of rotatable bonds is 2. The van der Waals surface area contributed by atoms with Crippen LogP contribution in [0.5, 0.6) is 0 Å². The van der Waals surface area contributed by atoms with Gasteiger partial charge in [0.15, 0.2) is 17.9 Å². The van der Waals surface area contributed by atoms with E-state index in [9.17, 15) is 4.79 Å². The molecule has 82 valence electrons. The molecule has 1 aromatic heterocycles. The van der Waals surface area contributed by atoms with Gasteiger partial charge >= 0.3 is 0 Å². The van der Waals surface area contributed by atoms with E-state index in [4.69, 9.17) is 4.42 Å². The van der Waals surface area contributed by atoms with Crippen molar-refractivity contribution >= 4 is 12.2 Å². The molecule has 4 heteroatoms. The Labute approximate surface area is 89.5 Å². The zero-order chi connectivity index (χ0) is 10.8. The molecule has 0 aliphatic carbocycles. The Balaban J connectivity index is 2.12. The summed E-state index contributed by atoms with van der Waals surface area (Å²) >= 11 is 0. The number of likely N-dealkylation sites (N-methyl/N-ethyl adjacent to an activating group) is 1. The minimum atomic E-state index is 0.399. The first-order valence-corrected chi connectivity index (χ1v) is 5.21. The average molecular weight is 208 g/mol. The van der Waals surface area contributed by atoms with Crippen LogP contribution in [0.4, 0.5) is 5.88 Å². The van der Waals surface area contributed by atoms with Crippen LogP contribution in [0.25, 0.3) is 0 Å². The van der Waals surface area contributed by atoms with Crippen LogP contribution in [-0.4, -0.2) is 43.9 Å². The van der Waals surface area contributed by atoms with Crippen LogP contribution in [0.3, 0.4) is 0 Å². The summed E-state index contributed by atoms with van der Waals surface area (Å²) in [4.78, 5) is 15.0. The SMILES string of the molecule is CC1CN(C)CCN1c1ccc(C=O)o1. The Morgan fingerprint density at radius 2 is 2.27 bits per heavy atom. The van der Waals surface area contributed by atoms with Crippen LogP contribution in [0, 0.1) is 0 Å². The van der Waals surface area contributed by atoms with E-state index < -0.39 is 0 Å². The van der Waals surface area contributed by atoms with Gasteiger partial charge in [0, 0.05) is 31.7 Å². The van der Waals surface area contributed by atoms with Crippen LogP contribution in [0.2, 0.25) is 0 Å². The number of hydrogen-bond acceptors (Lipinski definition) is 4. The molecule has 15 heavy (non-hydrogen) atoms. The molecular weight excluding hydrogens is 192 g/mol. The van der Waals surface area contributed by atoms with Gasteiger partial charge in [0.05, 0.1) is 0 Å². The van der Waals surface area contributed by atoms with E-state index in [0.29, 0.717) is 11.8 Å². The zero-order valence-electron chi connectivity index (χ0n) is 9.14. The largest absolute Gasteiger partial charge is 0.438 e. The van der Waals surface area contributed by atoms with Crippen molar-refractivity contribution in [2.24, 2.45) is 0 Å². The quantitative estimate of drug-likeness (QED) is 0.685. The maximum absolute atomic E-state index is 10.5. The molecule has 1 aliphatic rings. The predicted octanol–water partition coefficient (Wildman–Crippen LogP) is 1.23. The van der Waals surface area contributed by atoms with Gasteiger partial charge in [-0.1, -0.05) is 0 Å². The molecular formula is C11H16N2O2. The van der Waals surface area contributed by atoms with E-state index >= 15 is 0 Å². The van der Waals surface area contributed by atoms with Gasteiger partial charge in [0.1, 0.15) is 0 Å². The monoisotopic (exact) mass is 208 g/mol. The van der Waals surface area contributed by atoms with Crippen LogP contribution in [0.15, 0.2) is 16.5 Å². The van der Waals surface area contributed by atoms with Gasteiger partial charge in [0.25, 0.3) is 0 Å².